The lowest BCUT2D eigenvalue weighted by atomic mass is 9.96. The molecule has 5 nitrogen and oxygen atoms in total. The Morgan fingerprint density at radius 1 is 1.26 bits per heavy atom. The molecular formula is C14H22N4O. The van der Waals surface area contributed by atoms with E-state index in [0.717, 1.165) is 31.6 Å². The number of hydrogen-bond acceptors (Lipinski definition) is 4. The van der Waals surface area contributed by atoms with E-state index in [4.69, 9.17) is 0 Å². The molecule has 0 radical (unpaired) electrons. The molecule has 1 aromatic heterocycles. The summed E-state index contributed by atoms with van der Waals surface area (Å²) in [5, 5.41) is 6.14. The normalized spacial score (nSPS) is 13.7. The molecule has 2 N–H and O–H groups in total. The number of rotatable bonds is 6. The summed E-state index contributed by atoms with van der Waals surface area (Å²) in [7, 11) is 0. The number of carbonyl (C=O) groups excluding carboxylic acids is 1. The molecule has 5 heteroatoms. The van der Waals surface area contributed by atoms with Crippen LogP contribution in [0.3, 0.4) is 0 Å². The lowest BCUT2D eigenvalue weighted by Gasteiger charge is -2.17. The standard InChI is InChI=1S/C14H22N4O/c1-2-8-15-13(19)7-9-16-14-11-5-3-4-6-12(11)17-10-18-14/h10H,2-9H2,1H3,(H,15,19)(H,16,17,18). The quantitative estimate of drug-likeness (QED) is 0.818. The fourth-order valence-corrected chi connectivity index (χ4v) is 2.32. The van der Waals surface area contributed by atoms with Crippen LogP contribution in [-0.2, 0) is 17.6 Å². The van der Waals surface area contributed by atoms with E-state index in [1.165, 1.54) is 24.1 Å². The van der Waals surface area contributed by atoms with Gasteiger partial charge in [-0.2, -0.15) is 0 Å². The van der Waals surface area contributed by atoms with Crippen molar-refractivity contribution in [2.24, 2.45) is 0 Å². The van der Waals surface area contributed by atoms with Gasteiger partial charge in [-0.3, -0.25) is 4.79 Å². The molecule has 19 heavy (non-hydrogen) atoms. The zero-order valence-electron chi connectivity index (χ0n) is 11.5. The summed E-state index contributed by atoms with van der Waals surface area (Å²) in [6.45, 7) is 3.42. The molecule has 0 saturated heterocycles. The topological polar surface area (TPSA) is 66.9 Å². The zero-order valence-corrected chi connectivity index (χ0v) is 11.5. The molecule has 0 atom stereocenters. The molecule has 0 aromatic carbocycles. The molecular weight excluding hydrogens is 240 g/mol. The van der Waals surface area contributed by atoms with Crippen LogP contribution < -0.4 is 10.6 Å². The number of fused-ring (bicyclic) bond motifs is 1. The fraction of sp³-hybridized carbons (Fsp3) is 0.643. The molecule has 0 aliphatic heterocycles. The molecule has 1 aromatic rings. The van der Waals surface area contributed by atoms with Crippen molar-refractivity contribution in [1.82, 2.24) is 15.3 Å². The van der Waals surface area contributed by atoms with E-state index in [2.05, 4.69) is 20.6 Å². The Kier molecular flexibility index (Phi) is 5.12. The molecule has 1 aliphatic carbocycles. The molecule has 1 aliphatic rings. The molecule has 0 unspecified atom stereocenters. The van der Waals surface area contributed by atoms with Crippen molar-refractivity contribution >= 4 is 11.7 Å². The minimum Gasteiger partial charge on any atom is -0.369 e. The largest absolute Gasteiger partial charge is 0.369 e. The van der Waals surface area contributed by atoms with Crippen molar-refractivity contribution in [3.63, 3.8) is 0 Å². The summed E-state index contributed by atoms with van der Waals surface area (Å²) < 4.78 is 0. The Morgan fingerprint density at radius 3 is 2.95 bits per heavy atom. The van der Waals surface area contributed by atoms with E-state index in [9.17, 15) is 4.79 Å². The van der Waals surface area contributed by atoms with Gasteiger partial charge in [-0.1, -0.05) is 6.92 Å². The predicted molar refractivity (Wildman–Crippen MR) is 75.1 cm³/mol. The second-order valence-electron chi connectivity index (χ2n) is 4.88. The number of aryl methyl sites for hydroxylation is 1. The maximum Gasteiger partial charge on any atom is 0.221 e. The summed E-state index contributed by atoms with van der Waals surface area (Å²) in [4.78, 5) is 20.1. The molecule has 1 heterocycles. The fourth-order valence-electron chi connectivity index (χ4n) is 2.32. The van der Waals surface area contributed by atoms with Crippen molar-refractivity contribution in [3.8, 4) is 0 Å². The Balaban J connectivity index is 1.84. The van der Waals surface area contributed by atoms with Gasteiger partial charge < -0.3 is 10.6 Å². The molecule has 1 amide bonds. The van der Waals surface area contributed by atoms with Crippen molar-refractivity contribution in [2.75, 3.05) is 18.4 Å². The summed E-state index contributed by atoms with van der Waals surface area (Å²) in [6.07, 6.45) is 7.57. The van der Waals surface area contributed by atoms with Gasteiger partial charge in [0.15, 0.2) is 0 Å². The Bertz CT molecular complexity index is 433. The Hall–Kier alpha value is -1.65. The van der Waals surface area contributed by atoms with Crippen LogP contribution in [-0.4, -0.2) is 29.0 Å². The van der Waals surface area contributed by atoms with Gasteiger partial charge in [-0.25, -0.2) is 9.97 Å². The van der Waals surface area contributed by atoms with E-state index in [0.29, 0.717) is 13.0 Å². The number of anilines is 1. The summed E-state index contributed by atoms with van der Waals surface area (Å²) in [6, 6.07) is 0. The van der Waals surface area contributed by atoms with Crippen LogP contribution in [0, 0.1) is 0 Å². The van der Waals surface area contributed by atoms with E-state index in [1.807, 2.05) is 6.92 Å². The number of nitrogens with zero attached hydrogens (tertiary/aromatic N) is 2. The third-order valence-corrected chi connectivity index (χ3v) is 3.34. The van der Waals surface area contributed by atoms with Crippen LogP contribution in [0.1, 0.15) is 43.9 Å². The minimum atomic E-state index is 0.0947. The first kappa shape index (κ1) is 13.8. The second kappa shape index (κ2) is 7.07. The number of nitrogens with one attached hydrogen (secondary N) is 2. The van der Waals surface area contributed by atoms with Crippen LogP contribution in [0.5, 0.6) is 0 Å². The number of carbonyl (C=O) groups is 1. The zero-order chi connectivity index (χ0) is 13.5. The first-order valence-electron chi connectivity index (χ1n) is 7.14. The molecule has 0 bridgehead atoms. The lowest BCUT2D eigenvalue weighted by Crippen LogP contribution is -2.26. The lowest BCUT2D eigenvalue weighted by molar-refractivity contribution is -0.120. The third-order valence-electron chi connectivity index (χ3n) is 3.34. The number of hydrogen-bond donors (Lipinski definition) is 2. The summed E-state index contributed by atoms with van der Waals surface area (Å²) in [5.41, 5.74) is 2.40. The predicted octanol–water partition coefficient (Wildman–Crippen LogP) is 1.68. The van der Waals surface area contributed by atoms with Crippen LogP contribution in [0.4, 0.5) is 5.82 Å². The molecule has 0 saturated carbocycles. The molecule has 2 rings (SSSR count). The SMILES string of the molecule is CCCNC(=O)CCNc1ncnc2c1CCCC2. The van der Waals surface area contributed by atoms with Gasteiger partial charge in [0.2, 0.25) is 5.91 Å². The molecule has 0 fully saturated rings. The molecule has 0 spiro atoms. The highest BCUT2D eigenvalue weighted by Gasteiger charge is 2.15. The Morgan fingerprint density at radius 2 is 2.11 bits per heavy atom. The van der Waals surface area contributed by atoms with Crippen LogP contribution in [0.25, 0.3) is 0 Å². The Labute approximate surface area is 114 Å². The average molecular weight is 262 g/mol. The highest BCUT2D eigenvalue weighted by molar-refractivity contribution is 5.76. The van der Waals surface area contributed by atoms with Gasteiger partial charge in [0.05, 0.1) is 0 Å². The highest BCUT2D eigenvalue weighted by Crippen LogP contribution is 2.24. The average Bonchev–Trinajstić information content (AvgIpc) is 2.45. The van der Waals surface area contributed by atoms with E-state index < -0.39 is 0 Å². The van der Waals surface area contributed by atoms with Crippen molar-refractivity contribution < 1.29 is 4.79 Å². The molecule has 104 valence electrons. The number of aromatic nitrogens is 2. The highest BCUT2D eigenvalue weighted by atomic mass is 16.1. The van der Waals surface area contributed by atoms with Crippen molar-refractivity contribution in [3.05, 3.63) is 17.6 Å². The maximum atomic E-state index is 11.5. The van der Waals surface area contributed by atoms with Crippen molar-refractivity contribution in [2.45, 2.75) is 45.4 Å². The summed E-state index contributed by atoms with van der Waals surface area (Å²) in [5.74, 6) is 1.00. The third kappa shape index (κ3) is 3.91. The monoisotopic (exact) mass is 262 g/mol. The second-order valence-corrected chi connectivity index (χ2v) is 4.88. The maximum absolute atomic E-state index is 11.5. The number of amides is 1. The van der Waals surface area contributed by atoms with E-state index >= 15 is 0 Å². The van der Waals surface area contributed by atoms with Gasteiger partial charge in [0.1, 0.15) is 12.1 Å². The summed E-state index contributed by atoms with van der Waals surface area (Å²) >= 11 is 0. The van der Waals surface area contributed by atoms with Crippen molar-refractivity contribution in [1.29, 1.82) is 0 Å². The smallest absolute Gasteiger partial charge is 0.221 e. The minimum absolute atomic E-state index is 0.0947. The van der Waals surface area contributed by atoms with E-state index in [1.54, 1.807) is 6.33 Å². The van der Waals surface area contributed by atoms with E-state index in [-0.39, 0.29) is 5.91 Å². The first-order valence-corrected chi connectivity index (χ1v) is 7.14. The van der Waals surface area contributed by atoms with Crippen LogP contribution in [0.2, 0.25) is 0 Å². The van der Waals surface area contributed by atoms with Gasteiger partial charge in [-0.15, -0.1) is 0 Å². The van der Waals surface area contributed by atoms with Gasteiger partial charge in [0, 0.05) is 30.8 Å². The van der Waals surface area contributed by atoms with Crippen LogP contribution >= 0.6 is 0 Å². The van der Waals surface area contributed by atoms with Gasteiger partial charge >= 0.3 is 0 Å². The first-order chi connectivity index (χ1) is 9.31. The van der Waals surface area contributed by atoms with Gasteiger partial charge in [0.25, 0.3) is 0 Å². The van der Waals surface area contributed by atoms with Gasteiger partial charge in [-0.05, 0) is 32.1 Å². The van der Waals surface area contributed by atoms with Crippen LogP contribution in [0.15, 0.2) is 6.33 Å².